The number of amides is 1. The smallest absolute Gasteiger partial charge is 0.396 e. The Labute approximate surface area is 84.0 Å². The number of esters is 1. The Kier molecular flexibility index (Phi) is 3.13. The van der Waals surface area contributed by atoms with Crippen molar-refractivity contribution in [3.8, 4) is 0 Å². The van der Waals surface area contributed by atoms with E-state index in [1.54, 1.807) is 0 Å². The van der Waals surface area contributed by atoms with E-state index in [4.69, 9.17) is 0 Å². The van der Waals surface area contributed by atoms with E-state index in [2.05, 4.69) is 23.9 Å². The Balaban J connectivity index is 2.52. The maximum atomic E-state index is 11.2. The van der Waals surface area contributed by atoms with Crippen molar-refractivity contribution in [1.82, 2.24) is 5.32 Å². The summed E-state index contributed by atoms with van der Waals surface area (Å²) in [5, 5.41) is 2.71. The zero-order valence-electron chi connectivity index (χ0n) is 8.92. The van der Waals surface area contributed by atoms with Crippen LogP contribution in [0.4, 0.5) is 0 Å². The second-order valence-corrected chi connectivity index (χ2v) is 4.40. The summed E-state index contributed by atoms with van der Waals surface area (Å²) < 4.78 is 4.34. The van der Waals surface area contributed by atoms with Crippen LogP contribution >= 0.6 is 0 Å². The van der Waals surface area contributed by atoms with Gasteiger partial charge < -0.3 is 10.1 Å². The molecule has 1 atom stereocenters. The van der Waals surface area contributed by atoms with Crippen molar-refractivity contribution in [2.75, 3.05) is 7.11 Å². The summed E-state index contributed by atoms with van der Waals surface area (Å²) in [6.45, 7) is 4.20. The van der Waals surface area contributed by atoms with E-state index in [1.807, 2.05) is 0 Å². The Bertz CT molecular complexity index is 248. The molecule has 0 heterocycles. The van der Waals surface area contributed by atoms with Crippen molar-refractivity contribution >= 4 is 11.9 Å². The van der Waals surface area contributed by atoms with Gasteiger partial charge in [0.25, 0.3) is 0 Å². The molecule has 80 valence electrons. The molecule has 0 aliphatic heterocycles. The lowest BCUT2D eigenvalue weighted by Gasteiger charge is -2.27. The standard InChI is InChI=1S/C10H17NO3/c1-10(2)6-4-5-7(10)11-8(12)9(13)14-3/h7H,4-6H2,1-3H3,(H,11,12). The van der Waals surface area contributed by atoms with Crippen molar-refractivity contribution < 1.29 is 14.3 Å². The molecule has 0 aromatic rings. The normalized spacial score (nSPS) is 24.4. The summed E-state index contributed by atoms with van der Waals surface area (Å²) >= 11 is 0. The third-order valence-electron chi connectivity index (χ3n) is 2.93. The second kappa shape index (κ2) is 3.98. The minimum atomic E-state index is -0.812. The van der Waals surface area contributed by atoms with Crippen LogP contribution in [0.3, 0.4) is 0 Å². The van der Waals surface area contributed by atoms with Gasteiger partial charge in [0.2, 0.25) is 0 Å². The predicted molar refractivity (Wildman–Crippen MR) is 51.6 cm³/mol. The van der Waals surface area contributed by atoms with E-state index < -0.39 is 11.9 Å². The van der Waals surface area contributed by atoms with Crippen LogP contribution in [0, 0.1) is 5.41 Å². The lowest BCUT2D eigenvalue weighted by atomic mass is 9.87. The van der Waals surface area contributed by atoms with Gasteiger partial charge in [-0.05, 0) is 18.3 Å². The number of nitrogens with one attached hydrogen (secondary N) is 1. The Morgan fingerprint density at radius 3 is 2.50 bits per heavy atom. The topological polar surface area (TPSA) is 55.4 Å². The molecule has 1 N–H and O–H groups in total. The van der Waals surface area contributed by atoms with E-state index in [0.717, 1.165) is 19.3 Å². The van der Waals surface area contributed by atoms with Gasteiger partial charge in [-0.2, -0.15) is 0 Å². The molecule has 4 heteroatoms. The number of hydrogen-bond donors (Lipinski definition) is 1. The predicted octanol–water partition coefficient (Wildman–Crippen LogP) is 0.854. The van der Waals surface area contributed by atoms with Crippen LogP contribution in [0.15, 0.2) is 0 Å². The molecule has 1 amide bonds. The summed E-state index contributed by atoms with van der Waals surface area (Å²) in [6.07, 6.45) is 3.12. The van der Waals surface area contributed by atoms with Crippen LogP contribution in [-0.4, -0.2) is 25.0 Å². The highest BCUT2D eigenvalue weighted by molar-refractivity contribution is 6.32. The van der Waals surface area contributed by atoms with Crippen molar-refractivity contribution in [1.29, 1.82) is 0 Å². The van der Waals surface area contributed by atoms with Crippen LogP contribution in [0.1, 0.15) is 33.1 Å². The van der Waals surface area contributed by atoms with Crippen molar-refractivity contribution in [2.24, 2.45) is 5.41 Å². The molecule has 4 nitrogen and oxygen atoms in total. The molecule has 0 aromatic heterocycles. The number of carbonyl (C=O) groups excluding carboxylic acids is 2. The van der Waals surface area contributed by atoms with Gasteiger partial charge in [0.05, 0.1) is 7.11 Å². The zero-order valence-corrected chi connectivity index (χ0v) is 8.92. The van der Waals surface area contributed by atoms with Crippen LogP contribution < -0.4 is 5.32 Å². The summed E-state index contributed by atoms with van der Waals surface area (Å²) in [6, 6.07) is 0.0918. The van der Waals surface area contributed by atoms with Crippen molar-refractivity contribution in [2.45, 2.75) is 39.2 Å². The second-order valence-electron chi connectivity index (χ2n) is 4.40. The minimum absolute atomic E-state index is 0.0870. The van der Waals surface area contributed by atoms with Crippen molar-refractivity contribution in [3.05, 3.63) is 0 Å². The average Bonchev–Trinajstić information content (AvgIpc) is 2.44. The van der Waals surface area contributed by atoms with Gasteiger partial charge in [0.15, 0.2) is 0 Å². The average molecular weight is 199 g/mol. The Hall–Kier alpha value is -1.06. The summed E-state index contributed by atoms with van der Waals surface area (Å²) in [5.41, 5.74) is 0.0870. The lowest BCUT2D eigenvalue weighted by Crippen LogP contribution is -2.44. The van der Waals surface area contributed by atoms with E-state index >= 15 is 0 Å². The van der Waals surface area contributed by atoms with E-state index in [0.29, 0.717) is 0 Å². The van der Waals surface area contributed by atoms with E-state index in [9.17, 15) is 9.59 Å². The van der Waals surface area contributed by atoms with Crippen LogP contribution in [-0.2, 0) is 14.3 Å². The van der Waals surface area contributed by atoms with Crippen molar-refractivity contribution in [3.63, 3.8) is 0 Å². The highest BCUT2D eigenvalue weighted by Crippen LogP contribution is 2.37. The molecular weight excluding hydrogens is 182 g/mol. The first-order valence-corrected chi connectivity index (χ1v) is 4.86. The van der Waals surface area contributed by atoms with Gasteiger partial charge >= 0.3 is 11.9 Å². The zero-order chi connectivity index (χ0) is 10.8. The molecule has 1 aliphatic rings. The molecule has 0 saturated heterocycles. The quantitative estimate of drug-likeness (QED) is 0.503. The largest absolute Gasteiger partial charge is 0.462 e. The monoisotopic (exact) mass is 199 g/mol. The SMILES string of the molecule is COC(=O)C(=O)NC1CCCC1(C)C. The molecule has 1 rings (SSSR count). The van der Waals surface area contributed by atoms with Gasteiger partial charge in [-0.3, -0.25) is 4.79 Å². The molecule has 1 aliphatic carbocycles. The molecule has 0 bridgehead atoms. The fourth-order valence-corrected chi connectivity index (χ4v) is 1.90. The van der Waals surface area contributed by atoms with Gasteiger partial charge in [0, 0.05) is 6.04 Å². The maximum Gasteiger partial charge on any atom is 0.396 e. The van der Waals surface area contributed by atoms with Gasteiger partial charge in [-0.15, -0.1) is 0 Å². The summed E-state index contributed by atoms with van der Waals surface area (Å²) in [4.78, 5) is 22.1. The van der Waals surface area contributed by atoms with E-state index in [1.165, 1.54) is 7.11 Å². The number of carbonyl (C=O) groups is 2. The molecule has 0 radical (unpaired) electrons. The maximum absolute atomic E-state index is 11.2. The van der Waals surface area contributed by atoms with Crippen LogP contribution in [0.2, 0.25) is 0 Å². The number of hydrogen-bond acceptors (Lipinski definition) is 3. The summed E-state index contributed by atoms with van der Waals surface area (Å²) in [5.74, 6) is -1.44. The fourth-order valence-electron chi connectivity index (χ4n) is 1.90. The van der Waals surface area contributed by atoms with Crippen LogP contribution in [0.5, 0.6) is 0 Å². The Morgan fingerprint density at radius 2 is 2.07 bits per heavy atom. The highest BCUT2D eigenvalue weighted by atomic mass is 16.5. The minimum Gasteiger partial charge on any atom is -0.462 e. The van der Waals surface area contributed by atoms with Gasteiger partial charge in [-0.1, -0.05) is 20.3 Å². The van der Waals surface area contributed by atoms with Gasteiger partial charge in [0.1, 0.15) is 0 Å². The molecule has 14 heavy (non-hydrogen) atoms. The van der Waals surface area contributed by atoms with Gasteiger partial charge in [-0.25, -0.2) is 4.79 Å². The molecule has 1 fully saturated rings. The molecular formula is C10H17NO3. The molecule has 1 unspecified atom stereocenters. The third-order valence-corrected chi connectivity index (χ3v) is 2.93. The highest BCUT2D eigenvalue weighted by Gasteiger charge is 2.36. The molecule has 0 spiro atoms. The van der Waals surface area contributed by atoms with Crippen LogP contribution in [0.25, 0.3) is 0 Å². The molecule has 1 saturated carbocycles. The van der Waals surface area contributed by atoms with E-state index in [-0.39, 0.29) is 11.5 Å². The number of rotatable bonds is 1. The first-order valence-electron chi connectivity index (χ1n) is 4.86. The first kappa shape index (κ1) is 11.0. The summed E-state index contributed by atoms with van der Waals surface area (Å²) in [7, 11) is 1.21. The molecule has 0 aromatic carbocycles. The number of ether oxygens (including phenoxy) is 1. The lowest BCUT2D eigenvalue weighted by molar-refractivity contribution is -0.153. The first-order chi connectivity index (χ1) is 6.47. The number of methoxy groups -OCH3 is 1. The fraction of sp³-hybridized carbons (Fsp3) is 0.800. The third kappa shape index (κ3) is 2.25. The Morgan fingerprint density at radius 1 is 1.43 bits per heavy atom.